The summed E-state index contributed by atoms with van der Waals surface area (Å²) in [5.74, 6) is 0.916. The molecule has 24 heavy (non-hydrogen) atoms. The lowest BCUT2D eigenvalue weighted by atomic mass is 9.84. The molecule has 3 rings (SSSR count). The Bertz CT molecular complexity index is 616. The molecule has 4 N–H and O–H groups in total. The van der Waals surface area contributed by atoms with Crippen LogP contribution in [-0.2, 0) is 4.79 Å². The summed E-state index contributed by atoms with van der Waals surface area (Å²) in [5, 5.41) is 6.04. The van der Waals surface area contributed by atoms with E-state index in [1.807, 2.05) is 12.1 Å². The normalized spacial score (nSPS) is 28.9. The van der Waals surface area contributed by atoms with Crippen molar-refractivity contribution in [3.63, 3.8) is 0 Å². The van der Waals surface area contributed by atoms with Crippen molar-refractivity contribution in [2.45, 2.75) is 45.1 Å². The predicted octanol–water partition coefficient (Wildman–Crippen LogP) is 2.53. The Morgan fingerprint density at radius 2 is 2.00 bits per heavy atom. The van der Waals surface area contributed by atoms with E-state index in [-0.39, 0.29) is 23.8 Å². The smallest absolute Gasteiger partial charge is 0.251 e. The molecule has 5 heteroatoms. The van der Waals surface area contributed by atoms with Crippen molar-refractivity contribution in [1.29, 1.82) is 0 Å². The third-order valence-corrected chi connectivity index (χ3v) is 5.37. The number of carbonyl (C=O) groups excluding carboxylic acids is 2. The van der Waals surface area contributed by atoms with Gasteiger partial charge in [0.05, 0.1) is 0 Å². The standard InChI is InChI=1S/C19H27N3O2/c1-12-9-16(12)19(24)21-15-7-4-6-13(10-15)18(23)22-17-8-3-2-5-14(17)11-20/h4,6-7,10,12,14,16-17H,2-3,5,8-9,11,20H2,1H3,(H,21,24)(H,22,23). The van der Waals surface area contributed by atoms with Crippen molar-refractivity contribution >= 4 is 17.5 Å². The average Bonchev–Trinajstić information content (AvgIpc) is 3.32. The molecular weight excluding hydrogens is 302 g/mol. The minimum Gasteiger partial charge on any atom is -0.349 e. The predicted molar refractivity (Wildman–Crippen MR) is 94.6 cm³/mol. The molecule has 4 atom stereocenters. The second-order valence-corrected chi connectivity index (χ2v) is 7.25. The van der Waals surface area contributed by atoms with Crippen LogP contribution < -0.4 is 16.4 Å². The van der Waals surface area contributed by atoms with Gasteiger partial charge in [-0.1, -0.05) is 25.8 Å². The summed E-state index contributed by atoms with van der Waals surface area (Å²) < 4.78 is 0. The summed E-state index contributed by atoms with van der Waals surface area (Å²) in [5.41, 5.74) is 7.10. The topological polar surface area (TPSA) is 84.2 Å². The lowest BCUT2D eigenvalue weighted by molar-refractivity contribution is -0.117. The maximum atomic E-state index is 12.5. The Hall–Kier alpha value is -1.88. The zero-order valence-corrected chi connectivity index (χ0v) is 14.3. The SMILES string of the molecule is CC1CC1C(=O)Nc1cccc(C(=O)NC2CCCCC2CN)c1. The van der Waals surface area contributed by atoms with E-state index in [9.17, 15) is 9.59 Å². The van der Waals surface area contributed by atoms with Gasteiger partial charge in [-0.2, -0.15) is 0 Å². The van der Waals surface area contributed by atoms with Crippen LogP contribution in [0.5, 0.6) is 0 Å². The maximum absolute atomic E-state index is 12.5. The highest BCUT2D eigenvalue weighted by molar-refractivity contribution is 5.98. The molecule has 2 fully saturated rings. The van der Waals surface area contributed by atoms with Crippen LogP contribution in [0, 0.1) is 17.8 Å². The first-order chi connectivity index (χ1) is 11.6. The summed E-state index contributed by atoms with van der Waals surface area (Å²) in [4.78, 5) is 24.6. The van der Waals surface area contributed by atoms with Crippen LogP contribution in [0.2, 0.25) is 0 Å². The Kier molecular flexibility index (Phi) is 5.19. The molecule has 0 bridgehead atoms. The number of hydrogen-bond acceptors (Lipinski definition) is 3. The van der Waals surface area contributed by atoms with Crippen molar-refractivity contribution in [2.75, 3.05) is 11.9 Å². The molecule has 0 radical (unpaired) electrons. The molecule has 4 unspecified atom stereocenters. The largest absolute Gasteiger partial charge is 0.349 e. The molecule has 0 aliphatic heterocycles. The zero-order chi connectivity index (χ0) is 17.1. The zero-order valence-electron chi connectivity index (χ0n) is 14.3. The van der Waals surface area contributed by atoms with Gasteiger partial charge in [0, 0.05) is 23.2 Å². The molecule has 5 nitrogen and oxygen atoms in total. The fourth-order valence-electron chi connectivity index (χ4n) is 3.59. The third-order valence-electron chi connectivity index (χ3n) is 5.37. The van der Waals surface area contributed by atoms with Crippen molar-refractivity contribution in [3.8, 4) is 0 Å². The summed E-state index contributed by atoms with van der Waals surface area (Å²) in [6.07, 6.45) is 5.35. The summed E-state index contributed by atoms with van der Waals surface area (Å²) in [6.45, 7) is 2.69. The van der Waals surface area contributed by atoms with Crippen LogP contribution in [0.1, 0.15) is 49.4 Å². The lowest BCUT2D eigenvalue weighted by Gasteiger charge is -2.31. The van der Waals surface area contributed by atoms with E-state index in [2.05, 4.69) is 17.6 Å². The van der Waals surface area contributed by atoms with Gasteiger partial charge in [0.2, 0.25) is 5.91 Å². The third kappa shape index (κ3) is 3.96. The van der Waals surface area contributed by atoms with Gasteiger partial charge >= 0.3 is 0 Å². The molecule has 130 valence electrons. The van der Waals surface area contributed by atoms with E-state index < -0.39 is 0 Å². The van der Waals surface area contributed by atoms with Crippen LogP contribution >= 0.6 is 0 Å². The van der Waals surface area contributed by atoms with Crippen molar-refractivity contribution in [1.82, 2.24) is 5.32 Å². The number of benzene rings is 1. The first kappa shape index (κ1) is 17.0. The fourth-order valence-corrected chi connectivity index (χ4v) is 3.59. The van der Waals surface area contributed by atoms with Crippen LogP contribution in [0.3, 0.4) is 0 Å². The van der Waals surface area contributed by atoms with Crippen molar-refractivity contribution < 1.29 is 9.59 Å². The molecule has 2 saturated carbocycles. The van der Waals surface area contributed by atoms with E-state index in [4.69, 9.17) is 5.73 Å². The van der Waals surface area contributed by atoms with Gasteiger partial charge in [0.15, 0.2) is 0 Å². The van der Waals surface area contributed by atoms with Gasteiger partial charge in [-0.15, -0.1) is 0 Å². The van der Waals surface area contributed by atoms with Gasteiger partial charge in [-0.25, -0.2) is 0 Å². The number of amides is 2. The van der Waals surface area contributed by atoms with Gasteiger partial charge in [-0.05, 0) is 55.8 Å². The number of nitrogens with one attached hydrogen (secondary N) is 2. The summed E-state index contributed by atoms with van der Waals surface area (Å²) in [6, 6.07) is 7.32. The van der Waals surface area contributed by atoms with E-state index in [0.717, 1.165) is 25.7 Å². The summed E-state index contributed by atoms with van der Waals surface area (Å²) in [7, 11) is 0. The number of anilines is 1. The highest BCUT2D eigenvalue weighted by Gasteiger charge is 2.39. The first-order valence-corrected chi connectivity index (χ1v) is 9.00. The molecule has 2 aliphatic rings. The van der Waals surface area contributed by atoms with Crippen LogP contribution in [0.4, 0.5) is 5.69 Å². The van der Waals surface area contributed by atoms with Crippen molar-refractivity contribution in [3.05, 3.63) is 29.8 Å². The highest BCUT2D eigenvalue weighted by atomic mass is 16.2. The number of hydrogen-bond donors (Lipinski definition) is 3. The quantitative estimate of drug-likeness (QED) is 0.776. The molecule has 0 aromatic heterocycles. The number of carbonyl (C=O) groups is 2. The minimum absolute atomic E-state index is 0.0514. The Labute approximate surface area is 143 Å². The molecule has 0 saturated heterocycles. The monoisotopic (exact) mass is 329 g/mol. The molecular formula is C19H27N3O2. The Balaban J connectivity index is 1.62. The highest BCUT2D eigenvalue weighted by Crippen LogP contribution is 2.38. The van der Waals surface area contributed by atoms with Gasteiger partial charge < -0.3 is 16.4 Å². The Morgan fingerprint density at radius 3 is 2.71 bits per heavy atom. The van der Waals surface area contributed by atoms with E-state index >= 15 is 0 Å². The Morgan fingerprint density at radius 1 is 1.25 bits per heavy atom. The second-order valence-electron chi connectivity index (χ2n) is 7.25. The lowest BCUT2D eigenvalue weighted by Crippen LogP contribution is -2.44. The molecule has 0 spiro atoms. The molecule has 1 aromatic carbocycles. The second kappa shape index (κ2) is 7.34. The molecule has 1 aromatic rings. The number of nitrogens with two attached hydrogens (primary N) is 1. The number of rotatable bonds is 5. The molecule has 0 heterocycles. The van der Waals surface area contributed by atoms with Gasteiger partial charge in [-0.3, -0.25) is 9.59 Å². The fraction of sp³-hybridized carbons (Fsp3) is 0.579. The first-order valence-electron chi connectivity index (χ1n) is 9.00. The van der Waals surface area contributed by atoms with E-state index in [1.165, 1.54) is 6.42 Å². The average molecular weight is 329 g/mol. The summed E-state index contributed by atoms with van der Waals surface area (Å²) >= 11 is 0. The molecule has 2 amide bonds. The van der Waals surface area contributed by atoms with Crippen LogP contribution in [0.25, 0.3) is 0 Å². The van der Waals surface area contributed by atoms with Gasteiger partial charge in [0.1, 0.15) is 0 Å². The van der Waals surface area contributed by atoms with Crippen molar-refractivity contribution in [2.24, 2.45) is 23.5 Å². The van der Waals surface area contributed by atoms with E-state index in [0.29, 0.717) is 29.6 Å². The molecule has 2 aliphatic carbocycles. The van der Waals surface area contributed by atoms with E-state index in [1.54, 1.807) is 12.1 Å². The minimum atomic E-state index is -0.0868. The van der Waals surface area contributed by atoms with Crippen LogP contribution in [-0.4, -0.2) is 24.4 Å². The van der Waals surface area contributed by atoms with Crippen LogP contribution in [0.15, 0.2) is 24.3 Å². The maximum Gasteiger partial charge on any atom is 0.251 e. The van der Waals surface area contributed by atoms with Gasteiger partial charge in [0.25, 0.3) is 5.91 Å².